The van der Waals surface area contributed by atoms with Crippen LogP contribution in [-0.2, 0) is 17.6 Å². The first-order valence-electron chi connectivity index (χ1n) is 10.0. The number of nitrogens with one attached hydrogen (secondary N) is 1. The van der Waals surface area contributed by atoms with Crippen LogP contribution in [0.1, 0.15) is 48.2 Å². The molecule has 1 aliphatic heterocycles. The number of hydrogen-bond donors (Lipinski definition) is 1. The van der Waals surface area contributed by atoms with Crippen LogP contribution in [0.3, 0.4) is 0 Å². The van der Waals surface area contributed by atoms with E-state index in [0.29, 0.717) is 25.9 Å². The Morgan fingerprint density at radius 2 is 1.61 bits per heavy atom. The number of aryl methyl sites for hydroxylation is 2. The molecule has 28 heavy (non-hydrogen) atoms. The van der Waals surface area contributed by atoms with Crippen molar-refractivity contribution in [3.05, 3.63) is 65.0 Å². The molecule has 1 heterocycles. The Labute approximate surface area is 165 Å². The molecule has 148 valence electrons. The predicted octanol–water partition coefficient (Wildman–Crippen LogP) is 4.44. The maximum Gasteiger partial charge on any atom is 0.256 e. The monoisotopic (exact) mass is 382 g/mol. The van der Waals surface area contributed by atoms with Crippen molar-refractivity contribution in [2.24, 2.45) is 5.92 Å². The number of anilines is 1. The molecule has 1 fully saturated rings. The third kappa shape index (κ3) is 4.24. The summed E-state index contributed by atoms with van der Waals surface area (Å²) in [6.45, 7) is 5.08. The van der Waals surface area contributed by atoms with Gasteiger partial charge in [-0.3, -0.25) is 9.59 Å². The van der Waals surface area contributed by atoms with Crippen LogP contribution in [0.2, 0.25) is 0 Å². The number of benzene rings is 2. The van der Waals surface area contributed by atoms with Gasteiger partial charge in [-0.25, -0.2) is 4.39 Å². The first-order chi connectivity index (χ1) is 13.5. The van der Waals surface area contributed by atoms with Crippen LogP contribution >= 0.6 is 0 Å². The molecule has 4 nitrogen and oxygen atoms in total. The summed E-state index contributed by atoms with van der Waals surface area (Å²) in [6.07, 6.45) is 2.89. The van der Waals surface area contributed by atoms with Gasteiger partial charge in [0.25, 0.3) is 5.91 Å². The Morgan fingerprint density at radius 3 is 2.18 bits per heavy atom. The normalized spacial score (nSPS) is 14.8. The number of likely N-dealkylation sites (tertiary alicyclic amines) is 1. The number of hydrogen-bond acceptors (Lipinski definition) is 2. The Kier molecular flexibility index (Phi) is 6.45. The lowest BCUT2D eigenvalue weighted by molar-refractivity contribution is -0.121. The second-order valence-corrected chi connectivity index (χ2v) is 7.19. The number of halogens is 1. The number of para-hydroxylation sites is 1. The molecular formula is C23H27FN2O2. The van der Waals surface area contributed by atoms with Gasteiger partial charge in [0.1, 0.15) is 5.82 Å². The molecule has 0 unspecified atom stereocenters. The van der Waals surface area contributed by atoms with Crippen molar-refractivity contribution >= 4 is 17.5 Å². The van der Waals surface area contributed by atoms with Crippen molar-refractivity contribution in [1.82, 2.24) is 4.90 Å². The van der Waals surface area contributed by atoms with Crippen molar-refractivity contribution in [3.63, 3.8) is 0 Å². The fourth-order valence-corrected chi connectivity index (χ4v) is 3.78. The largest absolute Gasteiger partial charge is 0.339 e. The van der Waals surface area contributed by atoms with Crippen molar-refractivity contribution in [2.45, 2.75) is 39.5 Å². The summed E-state index contributed by atoms with van der Waals surface area (Å²) in [5.41, 5.74) is 3.30. The number of carbonyl (C=O) groups is 2. The van der Waals surface area contributed by atoms with Crippen LogP contribution in [0.5, 0.6) is 0 Å². The van der Waals surface area contributed by atoms with Crippen LogP contribution in [0, 0.1) is 11.7 Å². The van der Waals surface area contributed by atoms with Gasteiger partial charge in [0.15, 0.2) is 0 Å². The molecule has 1 aliphatic rings. The molecule has 0 saturated carbocycles. The summed E-state index contributed by atoms with van der Waals surface area (Å²) in [7, 11) is 0. The van der Waals surface area contributed by atoms with Gasteiger partial charge in [0.05, 0.1) is 5.56 Å². The molecule has 2 aromatic carbocycles. The summed E-state index contributed by atoms with van der Waals surface area (Å²) in [6, 6.07) is 12.2. The van der Waals surface area contributed by atoms with E-state index in [2.05, 4.69) is 19.2 Å². The van der Waals surface area contributed by atoms with Gasteiger partial charge < -0.3 is 10.2 Å². The maximum atomic E-state index is 13.9. The van der Waals surface area contributed by atoms with Crippen molar-refractivity contribution in [3.8, 4) is 0 Å². The Bertz CT molecular complexity index is 835. The van der Waals surface area contributed by atoms with E-state index in [0.717, 1.165) is 29.7 Å². The summed E-state index contributed by atoms with van der Waals surface area (Å²) < 4.78 is 13.9. The van der Waals surface area contributed by atoms with Gasteiger partial charge in [-0.2, -0.15) is 0 Å². The molecule has 1 N–H and O–H groups in total. The second-order valence-electron chi connectivity index (χ2n) is 7.19. The lowest BCUT2D eigenvalue weighted by atomic mass is 9.94. The first kappa shape index (κ1) is 20.1. The third-order valence-electron chi connectivity index (χ3n) is 5.50. The molecule has 2 aromatic rings. The highest BCUT2D eigenvalue weighted by Crippen LogP contribution is 2.26. The quantitative estimate of drug-likeness (QED) is 0.831. The van der Waals surface area contributed by atoms with E-state index in [-0.39, 0.29) is 23.3 Å². The summed E-state index contributed by atoms with van der Waals surface area (Å²) >= 11 is 0. The van der Waals surface area contributed by atoms with E-state index in [9.17, 15) is 14.0 Å². The highest BCUT2D eigenvalue weighted by molar-refractivity contribution is 5.96. The van der Waals surface area contributed by atoms with Crippen molar-refractivity contribution in [1.29, 1.82) is 0 Å². The Morgan fingerprint density at radius 1 is 1.00 bits per heavy atom. The van der Waals surface area contributed by atoms with E-state index in [4.69, 9.17) is 0 Å². The number of carbonyl (C=O) groups excluding carboxylic acids is 2. The fraction of sp³-hybridized carbons (Fsp3) is 0.391. The lowest BCUT2D eigenvalue weighted by Gasteiger charge is -2.31. The standard InChI is InChI=1S/C23H27FN2O2/c1-3-16-8-7-9-17(4-2)21(16)25-22(27)18-12-14-26(15-13-18)23(28)19-10-5-6-11-20(19)24/h5-11,18H,3-4,12-15H2,1-2H3,(H,25,27). The molecule has 0 bridgehead atoms. The van der Waals surface area contributed by atoms with Gasteiger partial charge in [0.2, 0.25) is 5.91 Å². The number of nitrogens with zero attached hydrogens (tertiary/aromatic N) is 1. The summed E-state index contributed by atoms with van der Waals surface area (Å²) in [4.78, 5) is 27.0. The molecule has 0 radical (unpaired) electrons. The van der Waals surface area contributed by atoms with E-state index in [1.165, 1.54) is 12.1 Å². The average Bonchev–Trinajstić information content (AvgIpc) is 2.73. The fourth-order valence-electron chi connectivity index (χ4n) is 3.78. The van der Waals surface area contributed by atoms with Gasteiger partial charge in [0, 0.05) is 24.7 Å². The molecular weight excluding hydrogens is 355 g/mol. The highest BCUT2D eigenvalue weighted by Gasteiger charge is 2.29. The van der Waals surface area contributed by atoms with Crippen LogP contribution in [0.15, 0.2) is 42.5 Å². The van der Waals surface area contributed by atoms with E-state index in [1.54, 1.807) is 17.0 Å². The van der Waals surface area contributed by atoms with E-state index >= 15 is 0 Å². The molecule has 0 aromatic heterocycles. The number of amides is 2. The maximum absolute atomic E-state index is 13.9. The van der Waals surface area contributed by atoms with E-state index in [1.807, 2.05) is 18.2 Å². The summed E-state index contributed by atoms with van der Waals surface area (Å²) in [5, 5.41) is 3.13. The molecule has 0 atom stereocenters. The topological polar surface area (TPSA) is 49.4 Å². The van der Waals surface area contributed by atoms with Crippen LogP contribution < -0.4 is 5.32 Å². The zero-order valence-electron chi connectivity index (χ0n) is 16.5. The van der Waals surface area contributed by atoms with Crippen LogP contribution in [0.4, 0.5) is 10.1 Å². The predicted molar refractivity (Wildman–Crippen MR) is 109 cm³/mol. The Hall–Kier alpha value is -2.69. The SMILES string of the molecule is CCc1cccc(CC)c1NC(=O)C1CCN(C(=O)c2ccccc2F)CC1. The molecule has 2 amide bonds. The number of rotatable bonds is 5. The molecule has 3 rings (SSSR count). The minimum Gasteiger partial charge on any atom is -0.339 e. The second kappa shape index (κ2) is 9.00. The van der Waals surface area contributed by atoms with E-state index < -0.39 is 5.82 Å². The van der Waals surface area contributed by atoms with Gasteiger partial charge in [-0.15, -0.1) is 0 Å². The third-order valence-corrected chi connectivity index (χ3v) is 5.50. The smallest absolute Gasteiger partial charge is 0.256 e. The average molecular weight is 382 g/mol. The minimum atomic E-state index is -0.504. The zero-order chi connectivity index (χ0) is 20.1. The van der Waals surface area contributed by atoms with Gasteiger partial charge in [-0.05, 0) is 48.9 Å². The van der Waals surface area contributed by atoms with Gasteiger partial charge in [-0.1, -0.05) is 44.2 Å². The molecule has 5 heteroatoms. The number of piperidine rings is 1. The zero-order valence-corrected chi connectivity index (χ0v) is 16.5. The minimum absolute atomic E-state index is 0.00795. The molecule has 0 aliphatic carbocycles. The Balaban J connectivity index is 1.63. The van der Waals surface area contributed by atoms with Gasteiger partial charge >= 0.3 is 0 Å². The van der Waals surface area contributed by atoms with Crippen LogP contribution in [-0.4, -0.2) is 29.8 Å². The lowest BCUT2D eigenvalue weighted by Crippen LogP contribution is -2.41. The summed E-state index contributed by atoms with van der Waals surface area (Å²) in [5.74, 6) is -0.940. The molecule has 0 spiro atoms. The van der Waals surface area contributed by atoms with Crippen molar-refractivity contribution in [2.75, 3.05) is 18.4 Å². The highest BCUT2D eigenvalue weighted by atomic mass is 19.1. The van der Waals surface area contributed by atoms with Crippen molar-refractivity contribution < 1.29 is 14.0 Å². The van der Waals surface area contributed by atoms with Crippen LogP contribution in [0.25, 0.3) is 0 Å². The molecule has 1 saturated heterocycles. The first-order valence-corrected chi connectivity index (χ1v) is 10.0.